The van der Waals surface area contributed by atoms with Gasteiger partial charge in [-0.15, -0.1) is 0 Å². The van der Waals surface area contributed by atoms with E-state index >= 15 is 0 Å². The summed E-state index contributed by atoms with van der Waals surface area (Å²) >= 11 is 0. The molecule has 2 nitrogen and oxygen atoms in total. The predicted octanol–water partition coefficient (Wildman–Crippen LogP) is 3.45. The number of carbonyl (C=O) groups excluding carboxylic acids is 1. The van der Waals surface area contributed by atoms with Gasteiger partial charge in [-0.2, -0.15) is 0 Å². The van der Waals surface area contributed by atoms with Crippen molar-refractivity contribution in [3.8, 4) is 5.75 Å². The molecule has 0 amide bonds. The first kappa shape index (κ1) is 11.7. The van der Waals surface area contributed by atoms with Gasteiger partial charge in [-0.05, 0) is 36.8 Å². The van der Waals surface area contributed by atoms with E-state index in [-0.39, 0.29) is 23.0 Å². The zero-order chi connectivity index (χ0) is 12.7. The molecule has 2 unspecified atom stereocenters. The molecule has 1 aromatic carbocycles. The molecule has 0 N–H and O–H groups in total. The molecule has 96 valence electrons. The number of ether oxygens (including phenoxy) is 1. The number of hydrogen-bond donors (Lipinski definition) is 0. The van der Waals surface area contributed by atoms with Crippen LogP contribution in [0.5, 0.6) is 5.75 Å². The van der Waals surface area contributed by atoms with Gasteiger partial charge in [0.1, 0.15) is 0 Å². The Labute approximate surface area is 106 Å². The summed E-state index contributed by atoms with van der Waals surface area (Å²) in [7, 11) is 1.42. The van der Waals surface area contributed by atoms with Crippen LogP contribution in [-0.4, -0.2) is 12.9 Å². The molecule has 2 aliphatic carbocycles. The van der Waals surface area contributed by atoms with Crippen molar-refractivity contribution in [2.75, 3.05) is 7.11 Å². The lowest BCUT2D eigenvalue weighted by Crippen LogP contribution is -2.08. The molecule has 2 atom stereocenters. The van der Waals surface area contributed by atoms with Crippen molar-refractivity contribution < 1.29 is 13.9 Å². The maximum absolute atomic E-state index is 14.0. The lowest BCUT2D eigenvalue weighted by Gasteiger charge is -2.06. The Morgan fingerprint density at radius 2 is 1.94 bits per heavy atom. The van der Waals surface area contributed by atoms with Crippen LogP contribution in [0.25, 0.3) is 0 Å². The minimum atomic E-state index is -0.506. The second kappa shape index (κ2) is 4.38. The molecule has 2 fully saturated rings. The van der Waals surface area contributed by atoms with Gasteiger partial charge in [0, 0.05) is 5.92 Å². The quantitative estimate of drug-likeness (QED) is 0.766. The largest absolute Gasteiger partial charge is 0.494 e. The third-order valence-electron chi connectivity index (χ3n) is 4.41. The average Bonchev–Trinajstić information content (AvgIpc) is 3.12. The van der Waals surface area contributed by atoms with Crippen LogP contribution in [0.3, 0.4) is 0 Å². The summed E-state index contributed by atoms with van der Waals surface area (Å²) in [6.07, 6.45) is 4.69. The van der Waals surface area contributed by atoms with Crippen molar-refractivity contribution in [3.05, 3.63) is 29.6 Å². The normalized spacial score (nSPS) is 29.6. The Kier molecular flexibility index (Phi) is 2.84. The number of ketones is 1. The summed E-state index contributed by atoms with van der Waals surface area (Å²) in [5.41, 5.74) is 0.203. The highest BCUT2D eigenvalue weighted by Crippen LogP contribution is 2.56. The van der Waals surface area contributed by atoms with Crippen LogP contribution in [0.4, 0.5) is 4.39 Å². The first-order chi connectivity index (χ1) is 8.74. The third kappa shape index (κ3) is 1.73. The molecule has 18 heavy (non-hydrogen) atoms. The Balaban J connectivity index is 1.85. The van der Waals surface area contributed by atoms with Crippen molar-refractivity contribution in [2.24, 2.45) is 17.8 Å². The van der Waals surface area contributed by atoms with E-state index in [1.165, 1.54) is 20.0 Å². The lowest BCUT2D eigenvalue weighted by molar-refractivity contribution is 0.0951. The van der Waals surface area contributed by atoms with Crippen molar-refractivity contribution in [3.63, 3.8) is 0 Å². The topological polar surface area (TPSA) is 26.3 Å². The summed E-state index contributed by atoms with van der Waals surface area (Å²) in [4.78, 5) is 12.4. The Morgan fingerprint density at radius 3 is 2.56 bits per heavy atom. The Hall–Kier alpha value is -1.38. The predicted molar refractivity (Wildman–Crippen MR) is 66.2 cm³/mol. The van der Waals surface area contributed by atoms with Crippen LogP contribution in [0.2, 0.25) is 0 Å². The maximum Gasteiger partial charge on any atom is 0.175 e. The van der Waals surface area contributed by atoms with Crippen LogP contribution in [0, 0.1) is 23.6 Å². The molecule has 0 radical (unpaired) electrons. The fourth-order valence-corrected chi connectivity index (χ4v) is 3.42. The molecule has 0 heterocycles. The summed E-state index contributed by atoms with van der Waals surface area (Å²) in [5, 5.41) is 0. The molecule has 0 saturated heterocycles. The highest BCUT2D eigenvalue weighted by atomic mass is 19.1. The fraction of sp³-hybridized carbons (Fsp3) is 0.533. The smallest absolute Gasteiger partial charge is 0.175 e. The Bertz CT molecular complexity index is 471. The second-order valence-corrected chi connectivity index (χ2v) is 5.32. The van der Waals surface area contributed by atoms with E-state index in [1.807, 2.05) is 0 Å². The standard InChI is InChI=1S/C15H17FO2/c1-18-12-8-4-7-11(14(12)16)15(17)13-9-5-2-3-6-10(9)13/h4,7-10,13H,2-3,5-6H2,1H3. The van der Waals surface area contributed by atoms with Gasteiger partial charge in [0.15, 0.2) is 17.3 Å². The summed E-state index contributed by atoms with van der Waals surface area (Å²) in [6.45, 7) is 0. The van der Waals surface area contributed by atoms with Crippen LogP contribution in [0.1, 0.15) is 36.0 Å². The molecule has 0 aliphatic heterocycles. The van der Waals surface area contributed by atoms with Crippen LogP contribution in [0.15, 0.2) is 18.2 Å². The number of rotatable bonds is 3. The van der Waals surface area contributed by atoms with Crippen molar-refractivity contribution in [1.29, 1.82) is 0 Å². The van der Waals surface area contributed by atoms with E-state index < -0.39 is 5.82 Å². The molecule has 1 aromatic rings. The van der Waals surface area contributed by atoms with Crippen molar-refractivity contribution >= 4 is 5.78 Å². The number of benzene rings is 1. The van der Waals surface area contributed by atoms with Crippen molar-refractivity contribution in [2.45, 2.75) is 25.7 Å². The van der Waals surface area contributed by atoms with Crippen LogP contribution >= 0.6 is 0 Å². The molecule has 0 aromatic heterocycles. The van der Waals surface area contributed by atoms with E-state index in [2.05, 4.69) is 0 Å². The van der Waals surface area contributed by atoms with Gasteiger partial charge in [-0.3, -0.25) is 4.79 Å². The van der Waals surface area contributed by atoms with Crippen molar-refractivity contribution in [1.82, 2.24) is 0 Å². The first-order valence-corrected chi connectivity index (χ1v) is 6.60. The molecular weight excluding hydrogens is 231 g/mol. The van der Waals surface area contributed by atoms with E-state index in [9.17, 15) is 9.18 Å². The summed E-state index contributed by atoms with van der Waals surface area (Å²) < 4.78 is 19.0. The molecule has 3 heteroatoms. The molecule has 2 saturated carbocycles. The summed E-state index contributed by atoms with van der Waals surface area (Å²) in [6, 6.07) is 4.80. The molecule has 3 rings (SSSR count). The van der Waals surface area contributed by atoms with Gasteiger partial charge >= 0.3 is 0 Å². The third-order valence-corrected chi connectivity index (χ3v) is 4.41. The van der Waals surface area contributed by atoms with Gasteiger partial charge in [-0.25, -0.2) is 4.39 Å². The van der Waals surface area contributed by atoms with E-state index in [0.717, 1.165) is 12.8 Å². The number of carbonyl (C=O) groups is 1. The number of Topliss-reactive ketones (excluding diaryl/α,β-unsaturated/α-hetero) is 1. The van der Waals surface area contributed by atoms with E-state index in [1.54, 1.807) is 18.2 Å². The van der Waals surface area contributed by atoms with Gasteiger partial charge in [-0.1, -0.05) is 18.9 Å². The number of hydrogen-bond acceptors (Lipinski definition) is 2. The fourth-order valence-electron chi connectivity index (χ4n) is 3.42. The Morgan fingerprint density at radius 1 is 1.28 bits per heavy atom. The molecular formula is C15H17FO2. The zero-order valence-electron chi connectivity index (χ0n) is 10.5. The zero-order valence-corrected chi connectivity index (χ0v) is 10.5. The lowest BCUT2D eigenvalue weighted by atomic mass is 10.0. The van der Waals surface area contributed by atoms with Crippen LogP contribution < -0.4 is 4.74 Å². The maximum atomic E-state index is 14.0. The summed E-state index contributed by atoms with van der Waals surface area (Å²) in [5.74, 6) is 0.712. The highest BCUT2D eigenvalue weighted by Gasteiger charge is 2.54. The van der Waals surface area contributed by atoms with Crippen LogP contribution in [-0.2, 0) is 0 Å². The number of methoxy groups -OCH3 is 1. The van der Waals surface area contributed by atoms with Gasteiger partial charge in [0.05, 0.1) is 12.7 Å². The minimum Gasteiger partial charge on any atom is -0.494 e. The number of fused-ring (bicyclic) bond motifs is 1. The number of halogens is 1. The van der Waals surface area contributed by atoms with Gasteiger partial charge < -0.3 is 4.74 Å². The SMILES string of the molecule is COc1cccc(C(=O)C2C3CCCCC32)c1F. The monoisotopic (exact) mass is 248 g/mol. The second-order valence-electron chi connectivity index (χ2n) is 5.32. The average molecular weight is 248 g/mol. The molecule has 2 aliphatic rings. The first-order valence-electron chi connectivity index (χ1n) is 6.60. The van der Waals surface area contributed by atoms with Gasteiger partial charge in [0.25, 0.3) is 0 Å². The van der Waals surface area contributed by atoms with E-state index in [4.69, 9.17) is 4.74 Å². The molecule has 0 bridgehead atoms. The highest BCUT2D eigenvalue weighted by molar-refractivity contribution is 6.00. The minimum absolute atomic E-state index is 0.0247. The van der Waals surface area contributed by atoms with E-state index in [0.29, 0.717) is 11.8 Å². The molecule has 0 spiro atoms. The van der Waals surface area contributed by atoms with Gasteiger partial charge in [0.2, 0.25) is 0 Å².